The number of hydrogen-bond donors (Lipinski definition) is 0. The van der Waals surface area contributed by atoms with Crippen LogP contribution >= 0.6 is 0 Å². The molecule has 0 saturated carbocycles. The van der Waals surface area contributed by atoms with Crippen LogP contribution in [0.1, 0.15) is 98.8 Å². The third-order valence-corrected chi connectivity index (χ3v) is 5.01. The molecule has 0 radical (unpaired) electrons. The molecule has 0 aromatic carbocycles. The number of hydrogen-bond acceptors (Lipinski definition) is 1. The topological polar surface area (TPSA) is 12.4 Å². The van der Waals surface area contributed by atoms with Crippen molar-refractivity contribution in [2.75, 3.05) is 0 Å². The van der Waals surface area contributed by atoms with Crippen LogP contribution in [0.5, 0.6) is 0 Å². The molecule has 0 heterocycles. The number of allylic oxidation sites excluding steroid dienone is 3. The molecule has 1 nitrogen and oxygen atoms in total. The second kappa shape index (κ2) is 15.1. The van der Waals surface area contributed by atoms with Gasteiger partial charge in [0.15, 0.2) is 0 Å². The smallest absolute Gasteiger partial charge is 0.140 e. The van der Waals surface area contributed by atoms with Gasteiger partial charge in [0, 0.05) is 5.92 Å². The van der Waals surface area contributed by atoms with Crippen molar-refractivity contribution in [1.29, 1.82) is 0 Å². The molecule has 0 saturated heterocycles. The number of aliphatic imine (C=N–C) groups is 1. The first kappa shape index (κ1) is 23.9. The number of unbranched alkanes of at least 4 members (excludes halogenated alkanes) is 2. The number of nitrogens with zero attached hydrogens (tertiary/aromatic N) is 1. The van der Waals surface area contributed by atoms with Crippen molar-refractivity contribution in [2.45, 2.75) is 98.8 Å². The highest BCUT2D eigenvalue weighted by atomic mass is 19.1. The average molecular weight is 350 g/mol. The molecule has 0 aliphatic carbocycles. The van der Waals surface area contributed by atoms with Crippen molar-refractivity contribution in [2.24, 2.45) is 16.8 Å². The van der Waals surface area contributed by atoms with E-state index in [0.717, 1.165) is 36.5 Å². The molecule has 0 fully saturated rings. The van der Waals surface area contributed by atoms with Crippen LogP contribution in [0.3, 0.4) is 0 Å². The van der Waals surface area contributed by atoms with E-state index in [4.69, 9.17) is 0 Å². The van der Waals surface area contributed by atoms with Crippen LogP contribution in [-0.2, 0) is 0 Å². The highest BCUT2D eigenvalue weighted by Gasteiger charge is 2.19. The predicted molar refractivity (Wildman–Crippen MR) is 111 cm³/mol. The summed E-state index contributed by atoms with van der Waals surface area (Å²) >= 11 is 0. The van der Waals surface area contributed by atoms with Gasteiger partial charge in [-0.3, -0.25) is 0 Å². The average Bonchev–Trinajstić information content (AvgIpc) is 2.63. The van der Waals surface area contributed by atoms with E-state index in [1.54, 1.807) is 0 Å². The van der Waals surface area contributed by atoms with Crippen molar-refractivity contribution in [3.63, 3.8) is 0 Å². The Labute approximate surface area is 156 Å². The second-order valence-corrected chi connectivity index (χ2v) is 7.17. The lowest BCUT2D eigenvalue weighted by atomic mass is 9.83. The fourth-order valence-corrected chi connectivity index (χ4v) is 3.18. The highest BCUT2D eigenvalue weighted by molar-refractivity contribution is 5.77. The fraction of sp³-hybridized carbons (Fsp3) is 0.739. The summed E-state index contributed by atoms with van der Waals surface area (Å²) in [7, 11) is 0. The zero-order valence-corrected chi connectivity index (χ0v) is 17.3. The Hall–Kier alpha value is -1.14. The van der Waals surface area contributed by atoms with Gasteiger partial charge in [0.25, 0.3) is 0 Å². The number of rotatable bonds is 14. The van der Waals surface area contributed by atoms with Crippen LogP contribution in [0.15, 0.2) is 34.4 Å². The standard InChI is InChI=1S/C23H40FN/c1-7-12-15-20(16-13-8-2)17-21(14-9-3)23(11-5)25-18-22(24)19(6)10-4/h18,20-21H,5,7-10,12-17H2,1-4,6H3/b22-19-,25-18?. The minimum Gasteiger partial charge on any atom is -0.250 e. The van der Waals surface area contributed by atoms with Gasteiger partial charge in [-0.05, 0) is 37.7 Å². The zero-order chi connectivity index (χ0) is 19.1. The molecule has 0 amide bonds. The van der Waals surface area contributed by atoms with Crippen molar-refractivity contribution >= 4 is 6.21 Å². The quantitative estimate of drug-likeness (QED) is 0.221. The third kappa shape index (κ3) is 10.4. The molecule has 2 heteroatoms. The van der Waals surface area contributed by atoms with E-state index in [1.165, 1.54) is 44.7 Å². The van der Waals surface area contributed by atoms with E-state index in [9.17, 15) is 4.39 Å². The first-order chi connectivity index (χ1) is 12.0. The monoisotopic (exact) mass is 349 g/mol. The second-order valence-electron chi connectivity index (χ2n) is 7.17. The molecule has 1 atom stereocenters. The minimum atomic E-state index is -0.223. The summed E-state index contributed by atoms with van der Waals surface area (Å²) in [5.41, 5.74) is 4.57. The molecular weight excluding hydrogens is 309 g/mol. The molecule has 0 aliphatic rings. The van der Waals surface area contributed by atoms with Crippen molar-refractivity contribution in [3.8, 4) is 0 Å². The molecular formula is C23H40FN. The van der Waals surface area contributed by atoms with Crippen LogP contribution in [0.4, 0.5) is 4.39 Å². The molecule has 0 aliphatic heterocycles. The van der Waals surface area contributed by atoms with Gasteiger partial charge in [-0.25, -0.2) is 9.38 Å². The van der Waals surface area contributed by atoms with Crippen LogP contribution in [0, 0.1) is 11.8 Å². The number of halogens is 1. The van der Waals surface area contributed by atoms with Crippen LogP contribution < -0.4 is 0 Å². The fourth-order valence-electron chi connectivity index (χ4n) is 3.18. The van der Waals surface area contributed by atoms with Gasteiger partial charge in [0.2, 0.25) is 0 Å². The third-order valence-electron chi connectivity index (χ3n) is 5.01. The normalized spacial score (nSPS) is 13.9. The summed E-state index contributed by atoms with van der Waals surface area (Å²) in [6.07, 6.45) is 13.0. The molecule has 0 N–H and O–H groups in total. The molecule has 0 rings (SSSR count). The van der Waals surface area contributed by atoms with Gasteiger partial charge in [-0.15, -0.1) is 5.73 Å². The Morgan fingerprint density at radius 2 is 1.64 bits per heavy atom. The lowest BCUT2D eigenvalue weighted by Gasteiger charge is -2.23. The maximum absolute atomic E-state index is 14.0. The highest BCUT2D eigenvalue weighted by Crippen LogP contribution is 2.31. The molecule has 25 heavy (non-hydrogen) atoms. The van der Waals surface area contributed by atoms with E-state index in [2.05, 4.69) is 38.1 Å². The zero-order valence-electron chi connectivity index (χ0n) is 17.3. The molecule has 0 aromatic heterocycles. The Balaban J connectivity index is 5.17. The lowest BCUT2D eigenvalue weighted by Crippen LogP contribution is -2.11. The van der Waals surface area contributed by atoms with Gasteiger partial charge >= 0.3 is 0 Å². The minimum absolute atomic E-state index is 0.223. The van der Waals surface area contributed by atoms with Crippen molar-refractivity contribution in [3.05, 3.63) is 29.4 Å². The lowest BCUT2D eigenvalue weighted by molar-refractivity contribution is 0.332. The molecule has 0 aromatic rings. The van der Waals surface area contributed by atoms with E-state index in [1.807, 2.05) is 13.8 Å². The van der Waals surface area contributed by atoms with Gasteiger partial charge in [-0.2, -0.15) is 0 Å². The van der Waals surface area contributed by atoms with Crippen molar-refractivity contribution in [1.82, 2.24) is 0 Å². The SMILES string of the molecule is C=C=C(N=C/C(F)=C(\C)CC)C(CCC)CC(CCCC)CCCC. The molecule has 0 spiro atoms. The summed E-state index contributed by atoms with van der Waals surface area (Å²) in [6, 6.07) is 0. The van der Waals surface area contributed by atoms with E-state index in [0.29, 0.717) is 12.3 Å². The summed E-state index contributed by atoms with van der Waals surface area (Å²) in [6.45, 7) is 14.3. The Morgan fingerprint density at radius 1 is 1.04 bits per heavy atom. The first-order valence-corrected chi connectivity index (χ1v) is 10.3. The van der Waals surface area contributed by atoms with E-state index in [-0.39, 0.29) is 5.83 Å². The van der Waals surface area contributed by atoms with Gasteiger partial charge in [-0.1, -0.05) is 79.2 Å². The van der Waals surface area contributed by atoms with Gasteiger partial charge in [0.05, 0.1) is 11.9 Å². The Bertz CT molecular complexity index is 447. The van der Waals surface area contributed by atoms with Crippen LogP contribution in [-0.4, -0.2) is 6.21 Å². The van der Waals surface area contributed by atoms with Crippen LogP contribution in [0.25, 0.3) is 0 Å². The molecule has 1 unspecified atom stereocenters. The Morgan fingerprint density at radius 3 is 2.08 bits per heavy atom. The summed E-state index contributed by atoms with van der Waals surface area (Å²) in [5, 5.41) is 0. The summed E-state index contributed by atoms with van der Waals surface area (Å²) in [4.78, 5) is 4.43. The molecule has 0 bridgehead atoms. The van der Waals surface area contributed by atoms with E-state index >= 15 is 0 Å². The van der Waals surface area contributed by atoms with Crippen LogP contribution in [0.2, 0.25) is 0 Å². The maximum Gasteiger partial charge on any atom is 0.140 e. The largest absolute Gasteiger partial charge is 0.250 e. The van der Waals surface area contributed by atoms with E-state index < -0.39 is 0 Å². The molecule has 144 valence electrons. The first-order valence-electron chi connectivity index (χ1n) is 10.3. The summed E-state index contributed by atoms with van der Waals surface area (Å²) in [5.74, 6) is 0.846. The predicted octanol–water partition coefficient (Wildman–Crippen LogP) is 8.18. The Kier molecular flexibility index (Phi) is 14.5. The van der Waals surface area contributed by atoms with Gasteiger partial charge < -0.3 is 0 Å². The summed E-state index contributed by atoms with van der Waals surface area (Å²) < 4.78 is 14.0. The van der Waals surface area contributed by atoms with Crippen molar-refractivity contribution < 1.29 is 4.39 Å². The maximum atomic E-state index is 14.0. The van der Waals surface area contributed by atoms with Gasteiger partial charge in [0.1, 0.15) is 5.83 Å².